The molecule has 0 aromatic heterocycles. The summed E-state index contributed by atoms with van der Waals surface area (Å²) in [5, 5.41) is 0. The third-order valence-corrected chi connectivity index (χ3v) is 6.23. The Labute approximate surface area is 130 Å². The van der Waals surface area contributed by atoms with Crippen LogP contribution in [0, 0.1) is 5.92 Å². The number of rotatable bonds is 8. The van der Waals surface area contributed by atoms with Crippen LogP contribution in [0.4, 0.5) is 0 Å². The van der Waals surface area contributed by atoms with Crippen LogP contribution in [0.25, 0.3) is 0 Å². The molecule has 1 fully saturated rings. The van der Waals surface area contributed by atoms with Crippen LogP contribution in [0.15, 0.2) is 0 Å². The zero-order chi connectivity index (χ0) is 15.9. The molecule has 0 amide bonds. The van der Waals surface area contributed by atoms with E-state index in [1.807, 2.05) is 0 Å². The van der Waals surface area contributed by atoms with Crippen LogP contribution in [0.3, 0.4) is 0 Å². The molecular weight excluding hydrogens is 286 g/mol. The average Bonchev–Trinajstić information content (AvgIpc) is 2.69. The van der Waals surface area contributed by atoms with Crippen molar-refractivity contribution in [3.05, 3.63) is 0 Å². The number of hydrogen-bond donors (Lipinski definition) is 1. The quantitative estimate of drug-likeness (QED) is 0.736. The lowest BCUT2D eigenvalue weighted by Gasteiger charge is -2.29. The van der Waals surface area contributed by atoms with Crippen molar-refractivity contribution in [2.75, 3.05) is 38.5 Å². The maximum atomic E-state index is 12.4. The first-order valence-electron chi connectivity index (χ1n) is 8.32. The molecular formula is C15H33N3O2S. The molecule has 0 spiro atoms. The highest BCUT2D eigenvalue weighted by atomic mass is 32.2. The van der Waals surface area contributed by atoms with E-state index in [4.69, 9.17) is 5.73 Å². The van der Waals surface area contributed by atoms with Crippen molar-refractivity contribution >= 4 is 10.0 Å². The zero-order valence-electron chi connectivity index (χ0n) is 13.9. The Morgan fingerprint density at radius 1 is 1.10 bits per heavy atom. The molecule has 0 saturated carbocycles. The van der Waals surface area contributed by atoms with Crippen LogP contribution < -0.4 is 5.73 Å². The van der Waals surface area contributed by atoms with Gasteiger partial charge in [0.25, 0.3) is 0 Å². The summed E-state index contributed by atoms with van der Waals surface area (Å²) in [6, 6.07) is 0.494. The van der Waals surface area contributed by atoms with E-state index in [0.29, 0.717) is 31.6 Å². The SMILES string of the molecule is CCC(CCN)N1CCCN(S(=O)(=O)CCC(C)C)CC1. The van der Waals surface area contributed by atoms with E-state index in [1.165, 1.54) is 0 Å². The highest BCUT2D eigenvalue weighted by Crippen LogP contribution is 2.15. The standard InChI is InChI=1S/C15H33N3O2S/c1-4-15(6-8-16)17-9-5-10-18(12-11-17)21(19,20)13-7-14(2)3/h14-15H,4-13,16H2,1-3H3. The zero-order valence-corrected chi connectivity index (χ0v) is 14.7. The topological polar surface area (TPSA) is 66.6 Å². The van der Waals surface area contributed by atoms with Crippen molar-refractivity contribution in [1.29, 1.82) is 0 Å². The van der Waals surface area contributed by atoms with Crippen molar-refractivity contribution in [3.63, 3.8) is 0 Å². The van der Waals surface area contributed by atoms with Gasteiger partial charge < -0.3 is 5.73 Å². The number of hydrogen-bond acceptors (Lipinski definition) is 4. The number of sulfonamides is 1. The molecule has 5 nitrogen and oxygen atoms in total. The molecule has 1 rings (SSSR count). The summed E-state index contributed by atoms with van der Waals surface area (Å²) in [4.78, 5) is 2.42. The first-order chi connectivity index (χ1) is 9.90. The highest BCUT2D eigenvalue weighted by Gasteiger charge is 2.27. The lowest BCUT2D eigenvalue weighted by molar-refractivity contribution is 0.192. The van der Waals surface area contributed by atoms with Gasteiger partial charge in [0.05, 0.1) is 5.75 Å². The molecule has 0 aromatic rings. The summed E-state index contributed by atoms with van der Waals surface area (Å²) in [7, 11) is -3.09. The molecule has 1 atom stereocenters. The average molecular weight is 320 g/mol. The molecule has 21 heavy (non-hydrogen) atoms. The van der Waals surface area contributed by atoms with Crippen molar-refractivity contribution in [3.8, 4) is 0 Å². The minimum absolute atomic E-state index is 0.282. The fraction of sp³-hybridized carbons (Fsp3) is 1.00. The Kier molecular flexibility index (Phi) is 8.16. The normalized spacial score (nSPS) is 20.6. The van der Waals surface area contributed by atoms with Gasteiger partial charge in [-0.2, -0.15) is 0 Å². The molecule has 0 bridgehead atoms. The van der Waals surface area contributed by atoms with E-state index in [2.05, 4.69) is 25.7 Å². The van der Waals surface area contributed by atoms with Crippen LogP contribution in [0.1, 0.15) is 46.5 Å². The second-order valence-electron chi connectivity index (χ2n) is 6.43. The molecule has 2 N–H and O–H groups in total. The van der Waals surface area contributed by atoms with Gasteiger partial charge in [-0.25, -0.2) is 12.7 Å². The molecule has 1 aliphatic heterocycles. The predicted molar refractivity (Wildman–Crippen MR) is 88.8 cm³/mol. The van der Waals surface area contributed by atoms with Gasteiger partial charge in [0, 0.05) is 25.7 Å². The molecule has 0 aliphatic carbocycles. The maximum absolute atomic E-state index is 12.4. The first kappa shape index (κ1) is 18.9. The van der Waals surface area contributed by atoms with Crippen molar-refractivity contribution in [1.82, 2.24) is 9.21 Å². The van der Waals surface area contributed by atoms with Gasteiger partial charge in [0.15, 0.2) is 0 Å². The highest BCUT2D eigenvalue weighted by molar-refractivity contribution is 7.89. The Morgan fingerprint density at radius 2 is 1.81 bits per heavy atom. The van der Waals surface area contributed by atoms with Gasteiger partial charge in [-0.15, -0.1) is 0 Å². The van der Waals surface area contributed by atoms with E-state index < -0.39 is 10.0 Å². The van der Waals surface area contributed by atoms with Crippen LogP contribution in [0.5, 0.6) is 0 Å². The molecule has 0 aromatic carbocycles. The monoisotopic (exact) mass is 319 g/mol. The number of nitrogens with two attached hydrogens (primary N) is 1. The third-order valence-electron chi connectivity index (χ3n) is 4.32. The second kappa shape index (κ2) is 9.08. The molecule has 1 saturated heterocycles. The first-order valence-corrected chi connectivity index (χ1v) is 9.93. The molecule has 1 heterocycles. The van der Waals surface area contributed by atoms with Crippen LogP contribution in [-0.2, 0) is 10.0 Å². The summed E-state index contributed by atoms with van der Waals surface area (Å²) < 4.78 is 26.5. The van der Waals surface area contributed by atoms with Gasteiger partial charge in [0.1, 0.15) is 0 Å². The lowest BCUT2D eigenvalue weighted by Crippen LogP contribution is -2.40. The minimum atomic E-state index is -3.09. The van der Waals surface area contributed by atoms with E-state index in [1.54, 1.807) is 4.31 Å². The Balaban J connectivity index is 2.59. The van der Waals surface area contributed by atoms with Gasteiger partial charge in [-0.3, -0.25) is 4.90 Å². The van der Waals surface area contributed by atoms with Gasteiger partial charge in [-0.05, 0) is 44.7 Å². The molecule has 1 aliphatic rings. The van der Waals surface area contributed by atoms with E-state index in [0.717, 1.165) is 38.8 Å². The summed E-state index contributed by atoms with van der Waals surface area (Å²) in [6.07, 6.45) is 3.74. The second-order valence-corrected chi connectivity index (χ2v) is 8.51. The van der Waals surface area contributed by atoms with Crippen LogP contribution >= 0.6 is 0 Å². The van der Waals surface area contributed by atoms with Crippen molar-refractivity contribution in [2.24, 2.45) is 11.7 Å². The van der Waals surface area contributed by atoms with Crippen molar-refractivity contribution < 1.29 is 8.42 Å². The summed E-state index contributed by atoms with van der Waals surface area (Å²) >= 11 is 0. The summed E-state index contributed by atoms with van der Waals surface area (Å²) in [5.74, 6) is 0.710. The predicted octanol–water partition coefficient (Wildman–Crippen LogP) is 1.50. The Bertz CT molecular complexity index is 384. The smallest absolute Gasteiger partial charge is 0.214 e. The van der Waals surface area contributed by atoms with Crippen LogP contribution in [-0.4, -0.2) is 62.1 Å². The summed E-state index contributed by atoms with van der Waals surface area (Å²) in [6.45, 7) is 10.1. The van der Waals surface area contributed by atoms with E-state index >= 15 is 0 Å². The Hall–Kier alpha value is -0.170. The lowest BCUT2D eigenvalue weighted by atomic mass is 10.1. The molecule has 1 unspecified atom stereocenters. The third kappa shape index (κ3) is 6.22. The largest absolute Gasteiger partial charge is 0.330 e. The molecule has 6 heteroatoms. The molecule has 0 radical (unpaired) electrons. The van der Waals surface area contributed by atoms with E-state index in [9.17, 15) is 8.42 Å². The van der Waals surface area contributed by atoms with Gasteiger partial charge in [-0.1, -0.05) is 20.8 Å². The number of nitrogens with zero attached hydrogens (tertiary/aromatic N) is 2. The fourth-order valence-corrected chi connectivity index (χ4v) is 4.70. The van der Waals surface area contributed by atoms with E-state index in [-0.39, 0.29) is 5.75 Å². The van der Waals surface area contributed by atoms with Crippen molar-refractivity contribution in [2.45, 2.75) is 52.5 Å². The maximum Gasteiger partial charge on any atom is 0.214 e. The van der Waals surface area contributed by atoms with Gasteiger partial charge >= 0.3 is 0 Å². The summed E-state index contributed by atoms with van der Waals surface area (Å²) in [5.41, 5.74) is 5.68. The molecule has 126 valence electrons. The van der Waals surface area contributed by atoms with Gasteiger partial charge in [0.2, 0.25) is 10.0 Å². The Morgan fingerprint density at radius 3 is 2.38 bits per heavy atom. The van der Waals surface area contributed by atoms with Crippen LogP contribution in [0.2, 0.25) is 0 Å². The fourth-order valence-electron chi connectivity index (χ4n) is 2.91. The minimum Gasteiger partial charge on any atom is -0.330 e.